The molecule has 0 fully saturated rings. The number of nitrogens with one attached hydrogen (secondary N) is 1. The fourth-order valence-corrected chi connectivity index (χ4v) is 1.19. The van der Waals surface area contributed by atoms with E-state index in [1.807, 2.05) is 14.0 Å². The fraction of sp³-hybridized carbons (Fsp3) is 0.400. The summed E-state index contributed by atoms with van der Waals surface area (Å²) in [5.74, 6) is 1.52. The van der Waals surface area contributed by atoms with Gasteiger partial charge >= 0.3 is 0 Å². The van der Waals surface area contributed by atoms with Crippen molar-refractivity contribution in [3.05, 3.63) is 23.8 Å². The molecule has 0 bridgehead atoms. The van der Waals surface area contributed by atoms with Crippen molar-refractivity contribution in [3.8, 4) is 11.6 Å². The van der Waals surface area contributed by atoms with Crippen molar-refractivity contribution in [2.75, 3.05) is 13.6 Å². The first-order chi connectivity index (χ1) is 7.79. The Hall–Kier alpha value is -1.82. The molecular formula is C10H13N5O. The van der Waals surface area contributed by atoms with Crippen LogP contribution in [0, 0.1) is 6.92 Å². The highest BCUT2D eigenvalue weighted by atomic mass is 16.5. The van der Waals surface area contributed by atoms with Crippen LogP contribution in [0.4, 0.5) is 0 Å². The van der Waals surface area contributed by atoms with Crippen molar-refractivity contribution in [2.45, 2.75) is 13.3 Å². The lowest BCUT2D eigenvalue weighted by atomic mass is 10.4. The van der Waals surface area contributed by atoms with Crippen molar-refractivity contribution >= 4 is 0 Å². The summed E-state index contributed by atoms with van der Waals surface area (Å²) in [6, 6.07) is 0. The molecule has 84 valence electrons. The Morgan fingerprint density at radius 1 is 1.25 bits per heavy atom. The van der Waals surface area contributed by atoms with Crippen LogP contribution in [-0.2, 0) is 6.42 Å². The summed E-state index contributed by atoms with van der Waals surface area (Å²) in [4.78, 5) is 12.5. The maximum absolute atomic E-state index is 5.07. The molecule has 0 atom stereocenters. The number of hydrogen-bond donors (Lipinski definition) is 1. The lowest BCUT2D eigenvalue weighted by molar-refractivity contribution is 0.377. The van der Waals surface area contributed by atoms with Crippen LogP contribution in [0.2, 0.25) is 0 Å². The van der Waals surface area contributed by atoms with Crippen LogP contribution in [0.15, 0.2) is 16.9 Å². The maximum atomic E-state index is 5.07. The monoisotopic (exact) mass is 219 g/mol. The molecule has 6 heteroatoms. The molecule has 0 spiro atoms. The van der Waals surface area contributed by atoms with Gasteiger partial charge in [-0.2, -0.15) is 4.98 Å². The minimum Gasteiger partial charge on any atom is -0.339 e. The van der Waals surface area contributed by atoms with Gasteiger partial charge in [-0.05, 0) is 19.5 Å². The van der Waals surface area contributed by atoms with Gasteiger partial charge in [0.1, 0.15) is 0 Å². The highest BCUT2D eigenvalue weighted by Crippen LogP contribution is 2.09. The van der Waals surface area contributed by atoms with E-state index in [2.05, 4.69) is 25.4 Å². The number of aromatic nitrogens is 4. The second kappa shape index (κ2) is 4.80. The third-order valence-electron chi connectivity index (χ3n) is 2.04. The quantitative estimate of drug-likeness (QED) is 0.811. The van der Waals surface area contributed by atoms with Gasteiger partial charge in [0.25, 0.3) is 0 Å². The molecule has 16 heavy (non-hydrogen) atoms. The molecule has 2 heterocycles. The van der Waals surface area contributed by atoms with Crippen LogP contribution in [0.25, 0.3) is 11.6 Å². The van der Waals surface area contributed by atoms with Crippen LogP contribution in [0.5, 0.6) is 0 Å². The molecule has 0 saturated carbocycles. The van der Waals surface area contributed by atoms with E-state index in [4.69, 9.17) is 4.52 Å². The molecule has 2 rings (SSSR count). The van der Waals surface area contributed by atoms with Gasteiger partial charge in [-0.1, -0.05) is 5.16 Å². The Kier molecular flexibility index (Phi) is 3.21. The molecule has 1 N–H and O–H groups in total. The second-order valence-electron chi connectivity index (χ2n) is 3.45. The standard InChI is InChI=1S/C10H13N5O/c1-7-5-12-9(13-6-7)10-14-8(16-15-10)3-4-11-2/h5-6,11H,3-4H2,1-2H3. The van der Waals surface area contributed by atoms with E-state index in [1.165, 1.54) is 0 Å². The zero-order valence-electron chi connectivity index (χ0n) is 9.27. The molecule has 0 unspecified atom stereocenters. The summed E-state index contributed by atoms with van der Waals surface area (Å²) >= 11 is 0. The van der Waals surface area contributed by atoms with Gasteiger partial charge in [-0.25, -0.2) is 9.97 Å². The van der Waals surface area contributed by atoms with E-state index in [0.717, 1.165) is 12.1 Å². The van der Waals surface area contributed by atoms with Crippen molar-refractivity contribution in [1.29, 1.82) is 0 Å². The average molecular weight is 219 g/mol. The van der Waals surface area contributed by atoms with Gasteiger partial charge in [0.15, 0.2) is 0 Å². The van der Waals surface area contributed by atoms with E-state index in [9.17, 15) is 0 Å². The van der Waals surface area contributed by atoms with Crippen molar-refractivity contribution in [1.82, 2.24) is 25.4 Å². The Balaban J connectivity index is 2.15. The SMILES string of the molecule is CNCCc1nc(-c2ncc(C)cn2)no1. The summed E-state index contributed by atoms with van der Waals surface area (Å²) in [5.41, 5.74) is 1.00. The highest BCUT2D eigenvalue weighted by molar-refractivity contribution is 5.40. The molecule has 0 aliphatic rings. The molecule has 2 aromatic rings. The molecule has 0 amide bonds. The van der Waals surface area contributed by atoms with E-state index < -0.39 is 0 Å². The lowest BCUT2D eigenvalue weighted by Gasteiger charge is -1.92. The minimum atomic E-state index is 0.436. The van der Waals surface area contributed by atoms with Gasteiger partial charge in [0.2, 0.25) is 17.5 Å². The predicted molar refractivity (Wildman–Crippen MR) is 57.7 cm³/mol. The van der Waals surface area contributed by atoms with Crippen LogP contribution in [-0.4, -0.2) is 33.7 Å². The van der Waals surface area contributed by atoms with E-state index in [1.54, 1.807) is 12.4 Å². The number of nitrogens with zero attached hydrogens (tertiary/aromatic N) is 4. The average Bonchev–Trinajstić information content (AvgIpc) is 2.76. The molecule has 0 saturated heterocycles. The second-order valence-corrected chi connectivity index (χ2v) is 3.45. The van der Waals surface area contributed by atoms with E-state index >= 15 is 0 Å². The van der Waals surface area contributed by atoms with Crippen LogP contribution < -0.4 is 5.32 Å². The summed E-state index contributed by atoms with van der Waals surface area (Å²) in [7, 11) is 1.88. The predicted octanol–water partition coefficient (Wildman–Crippen LogP) is 0.597. The Morgan fingerprint density at radius 3 is 2.69 bits per heavy atom. The number of rotatable bonds is 4. The summed E-state index contributed by atoms with van der Waals surface area (Å²) in [6.07, 6.45) is 4.16. The Morgan fingerprint density at radius 2 is 2.00 bits per heavy atom. The van der Waals surface area contributed by atoms with Crippen LogP contribution >= 0.6 is 0 Å². The fourth-order valence-electron chi connectivity index (χ4n) is 1.19. The molecular weight excluding hydrogens is 206 g/mol. The zero-order valence-corrected chi connectivity index (χ0v) is 9.27. The topological polar surface area (TPSA) is 76.7 Å². The third-order valence-corrected chi connectivity index (χ3v) is 2.04. The number of likely N-dealkylation sites (N-methyl/N-ethyl adjacent to an activating group) is 1. The number of hydrogen-bond acceptors (Lipinski definition) is 6. The van der Waals surface area contributed by atoms with Gasteiger partial charge in [-0.3, -0.25) is 0 Å². The molecule has 0 aliphatic carbocycles. The van der Waals surface area contributed by atoms with E-state index in [0.29, 0.717) is 24.0 Å². The zero-order chi connectivity index (χ0) is 11.4. The minimum absolute atomic E-state index is 0.436. The third kappa shape index (κ3) is 2.40. The van der Waals surface area contributed by atoms with Gasteiger partial charge in [0.05, 0.1) is 0 Å². The lowest BCUT2D eigenvalue weighted by Crippen LogP contribution is -2.10. The maximum Gasteiger partial charge on any atom is 0.240 e. The largest absolute Gasteiger partial charge is 0.339 e. The van der Waals surface area contributed by atoms with Crippen molar-refractivity contribution in [2.24, 2.45) is 0 Å². The van der Waals surface area contributed by atoms with Gasteiger partial charge in [0, 0.05) is 25.4 Å². The van der Waals surface area contributed by atoms with E-state index in [-0.39, 0.29) is 0 Å². The van der Waals surface area contributed by atoms with Crippen LogP contribution in [0.3, 0.4) is 0 Å². The molecule has 0 radical (unpaired) electrons. The summed E-state index contributed by atoms with van der Waals surface area (Å²) < 4.78 is 5.07. The molecule has 6 nitrogen and oxygen atoms in total. The smallest absolute Gasteiger partial charge is 0.240 e. The first-order valence-electron chi connectivity index (χ1n) is 5.06. The normalized spacial score (nSPS) is 10.6. The Labute approximate surface area is 93.1 Å². The summed E-state index contributed by atoms with van der Waals surface area (Å²) in [5, 5.41) is 6.84. The van der Waals surface area contributed by atoms with Gasteiger partial charge < -0.3 is 9.84 Å². The Bertz CT molecular complexity index is 450. The first kappa shape index (κ1) is 10.7. The first-order valence-corrected chi connectivity index (χ1v) is 5.06. The van der Waals surface area contributed by atoms with Crippen molar-refractivity contribution in [3.63, 3.8) is 0 Å². The highest BCUT2D eigenvalue weighted by Gasteiger charge is 2.10. The number of aryl methyl sites for hydroxylation is 1. The molecule has 0 aliphatic heterocycles. The molecule has 2 aromatic heterocycles. The van der Waals surface area contributed by atoms with Crippen molar-refractivity contribution < 1.29 is 4.52 Å². The van der Waals surface area contributed by atoms with Crippen LogP contribution in [0.1, 0.15) is 11.5 Å². The van der Waals surface area contributed by atoms with Gasteiger partial charge in [-0.15, -0.1) is 0 Å². The summed E-state index contributed by atoms with van der Waals surface area (Å²) in [6.45, 7) is 2.73. The molecule has 0 aromatic carbocycles.